The van der Waals surface area contributed by atoms with Crippen molar-refractivity contribution in [3.05, 3.63) is 15.6 Å². The number of aryl methyl sites for hydroxylation is 1. The normalized spacial score (nSPS) is 25.2. The summed E-state index contributed by atoms with van der Waals surface area (Å²) in [5.74, 6) is 1.60. The molecule has 0 aromatic carbocycles. The molecule has 0 saturated heterocycles. The van der Waals surface area contributed by atoms with E-state index >= 15 is 0 Å². The smallest absolute Gasteiger partial charge is 0.0962 e. The lowest BCUT2D eigenvalue weighted by molar-refractivity contribution is 0.595. The lowest BCUT2D eigenvalue weighted by Gasteiger charge is -2.04. The van der Waals surface area contributed by atoms with Crippen molar-refractivity contribution in [1.82, 2.24) is 4.98 Å². The molecule has 1 saturated carbocycles. The van der Waals surface area contributed by atoms with E-state index < -0.39 is 0 Å². The fourth-order valence-corrected chi connectivity index (χ4v) is 3.74. The van der Waals surface area contributed by atoms with Crippen LogP contribution in [0.25, 0.3) is 0 Å². The van der Waals surface area contributed by atoms with Crippen LogP contribution >= 0.6 is 11.3 Å². The summed E-state index contributed by atoms with van der Waals surface area (Å²) in [6, 6.07) is 0. The minimum Gasteiger partial charge on any atom is -0.326 e. The molecule has 1 aromatic heterocycles. The van der Waals surface area contributed by atoms with E-state index in [-0.39, 0.29) is 0 Å². The van der Waals surface area contributed by atoms with Gasteiger partial charge in [0.1, 0.15) is 0 Å². The van der Waals surface area contributed by atoms with Gasteiger partial charge in [0, 0.05) is 17.3 Å². The minimum absolute atomic E-state index is 0.662. The fraction of sp³-hybridized carbons (Fsp3) is 0.769. The highest BCUT2D eigenvalue weighted by Crippen LogP contribution is 2.40. The highest BCUT2D eigenvalue weighted by atomic mass is 32.1. The highest BCUT2D eigenvalue weighted by molar-refractivity contribution is 7.11. The van der Waals surface area contributed by atoms with Gasteiger partial charge >= 0.3 is 0 Å². The van der Waals surface area contributed by atoms with Gasteiger partial charge in [0.05, 0.1) is 10.7 Å². The number of rotatable bonds is 4. The third-order valence-electron chi connectivity index (χ3n) is 3.51. The van der Waals surface area contributed by atoms with Crippen molar-refractivity contribution < 1.29 is 0 Å². The predicted molar refractivity (Wildman–Crippen MR) is 69.8 cm³/mol. The molecule has 3 heteroatoms. The molecule has 2 rings (SSSR count). The van der Waals surface area contributed by atoms with Crippen LogP contribution in [-0.4, -0.2) is 4.98 Å². The standard InChI is InChI=1S/C13H22N2S/c1-3-4-11-12(8-14)16-13(15-11)10-6-5-9(2)7-10/h9-10H,3-8,14H2,1-2H3. The highest BCUT2D eigenvalue weighted by Gasteiger charge is 2.26. The first-order valence-electron chi connectivity index (χ1n) is 6.43. The van der Waals surface area contributed by atoms with Gasteiger partial charge in [-0.05, 0) is 25.2 Å². The van der Waals surface area contributed by atoms with Crippen LogP contribution in [-0.2, 0) is 13.0 Å². The molecule has 1 aromatic rings. The molecule has 2 unspecified atom stereocenters. The average Bonchev–Trinajstić information content (AvgIpc) is 2.85. The van der Waals surface area contributed by atoms with Crippen LogP contribution in [0.4, 0.5) is 0 Å². The summed E-state index contributed by atoms with van der Waals surface area (Å²) in [6.07, 6.45) is 6.27. The third kappa shape index (κ3) is 2.46. The first-order valence-corrected chi connectivity index (χ1v) is 7.24. The lowest BCUT2D eigenvalue weighted by atomic mass is 10.1. The Morgan fingerprint density at radius 1 is 1.44 bits per heavy atom. The van der Waals surface area contributed by atoms with E-state index in [2.05, 4.69) is 13.8 Å². The molecule has 2 N–H and O–H groups in total. The fourth-order valence-electron chi connectivity index (χ4n) is 2.60. The molecule has 2 nitrogen and oxygen atoms in total. The average molecular weight is 238 g/mol. The molecule has 0 radical (unpaired) electrons. The van der Waals surface area contributed by atoms with Gasteiger partial charge in [-0.15, -0.1) is 11.3 Å². The Hall–Kier alpha value is -0.410. The van der Waals surface area contributed by atoms with Gasteiger partial charge in [-0.1, -0.05) is 26.7 Å². The maximum absolute atomic E-state index is 5.79. The zero-order chi connectivity index (χ0) is 11.5. The van der Waals surface area contributed by atoms with Crippen LogP contribution in [0.3, 0.4) is 0 Å². The van der Waals surface area contributed by atoms with Crippen molar-refractivity contribution >= 4 is 11.3 Å². The molecule has 90 valence electrons. The summed E-state index contributed by atoms with van der Waals surface area (Å²) < 4.78 is 0. The molecule has 0 bridgehead atoms. The Morgan fingerprint density at radius 2 is 2.25 bits per heavy atom. The van der Waals surface area contributed by atoms with Crippen LogP contribution < -0.4 is 5.73 Å². The van der Waals surface area contributed by atoms with Crippen LogP contribution in [0.1, 0.15) is 61.0 Å². The van der Waals surface area contributed by atoms with Crippen molar-refractivity contribution in [3.8, 4) is 0 Å². The zero-order valence-electron chi connectivity index (χ0n) is 10.3. The van der Waals surface area contributed by atoms with Gasteiger partial charge < -0.3 is 5.73 Å². The molecule has 1 aliphatic carbocycles. The first-order chi connectivity index (χ1) is 7.74. The molecule has 1 aliphatic rings. The van der Waals surface area contributed by atoms with Crippen molar-refractivity contribution in [2.24, 2.45) is 11.7 Å². The second kappa shape index (κ2) is 5.28. The van der Waals surface area contributed by atoms with Crippen LogP contribution in [0, 0.1) is 5.92 Å². The second-order valence-corrected chi connectivity index (χ2v) is 6.11. The third-order valence-corrected chi connectivity index (χ3v) is 4.79. The Kier molecular flexibility index (Phi) is 3.98. The van der Waals surface area contributed by atoms with Crippen LogP contribution in [0.2, 0.25) is 0 Å². The summed E-state index contributed by atoms with van der Waals surface area (Å²) in [7, 11) is 0. The predicted octanol–water partition coefficient (Wildman–Crippen LogP) is 3.46. The number of hydrogen-bond donors (Lipinski definition) is 1. The lowest BCUT2D eigenvalue weighted by Crippen LogP contribution is -1.98. The van der Waals surface area contributed by atoms with Gasteiger partial charge in [0.15, 0.2) is 0 Å². The number of aromatic nitrogens is 1. The topological polar surface area (TPSA) is 38.9 Å². The zero-order valence-corrected chi connectivity index (χ0v) is 11.1. The summed E-state index contributed by atoms with van der Waals surface area (Å²) in [4.78, 5) is 6.14. The number of hydrogen-bond acceptors (Lipinski definition) is 3. The van der Waals surface area contributed by atoms with E-state index in [0.717, 1.165) is 24.7 Å². The second-order valence-electron chi connectivity index (χ2n) is 4.99. The molecule has 0 aliphatic heterocycles. The van der Waals surface area contributed by atoms with Gasteiger partial charge in [0.25, 0.3) is 0 Å². The van der Waals surface area contributed by atoms with E-state index in [9.17, 15) is 0 Å². The van der Waals surface area contributed by atoms with Gasteiger partial charge in [-0.3, -0.25) is 0 Å². The molecule has 16 heavy (non-hydrogen) atoms. The molecule has 2 atom stereocenters. The van der Waals surface area contributed by atoms with E-state index in [0.29, 0.717) is 6.54 Å². The van der Waals surface area contributed by atoms with Gasteiger partial charge in [0.2, 0.25) is 0 Å². The maximum Gasteiger partial charge on any atom is 0.0962 e. The van der Waals surface area contributed by atoms with Crippen molar-refractivity contribution in [1.29, 1.82) is 0 Å². The summed E-state index contributed by atoms with van der Waals surface area (Å²) in [5, 5.41) is 1.35. The van der Waals surface area contributed by atoms with E-state index in [1.165, 1.54) is 34.8 Å². The molecule has 0 spiro atoms. The van der Waals surface area contributed by atoms with Crippen LogP contribution in [0.15, 0.2) is 0 Å². The summed E-state index contributed by atoms with van der Waals surface area (Å²) in [5.41, 5.74) is 7.06. The minimum atomic E-state index is 0.662. The molecule has 1 heterocycles. The van der Waals surface area contributed by atoms with Crippen LogP contribution in [0.5, 0.6) is 0 Å². The summed E-state index contributed by atoms with van der Waals surface area (Å²) >= 11 is 1.86. The van der Waals surface area contributed by atoms with Gasteiger partial charge in [-0.25, -0.2) is 4.98 Å². The molecular weight excluding hydrogens is 216 g/mol. The van der Waals surface area contributed by atoms with E-state index in [4.69, 9.17) is 10.7 Å². The largest absolute Gasteiger partial charge is 0.326 e. The van der Waals surface area contributed by atoms with Gasteiger partial charge in [-0.2, -0.15) is 0 Å². The van der Waals surface area contributed by atoms with E-state index in [1.807, 2.05) is 11.3 Å². The number of nitrogens with zero attached hydrogens (tertiary/aromatic N) is 1. The quantitative estimate of drug-likeness (QED) is 0.872. The van der Waals surface area contributed by atoms with Crippen molar-refractivity contribution in [2.45, 2.75) is 58.4 Å². The Balaban J connectivity index is 2.15. The molecule has 0 amide bonds. The Labute approximate surface area is 102 Å². The van der Waals surface area contributed by atoms with E-state index in [1.54, 1.807) is 0 Å². The first kappa shape index (κ1) is 12.1. The SMILES string of the molecule is CCCc1nc(C2CCC(C)C2)sc1CN. The summed E-state index contributed by atoms with van der Waals surface area (Å²) in [6.45, 7) is 5.22. The molecule has 1 fully saturated rings. The maximum atomic E-state index is 5.79. The van der Waals surface area contributed by atoms with Crippen molar-refractivity contribution in [3.63, 3.8) is 0 Å². The molecular formula is C13H22N2S. The Bertz CT molecular complexity index is 346. The number of thiazole rings is 1. The Morgan fingerprint density at radius 3 is 2.81 bits per heavy atom. The van der Waals surface area contributed by atoms with Crippen molar-refractivity contribution in [2.75, 3.05) is 0 Å². The number of nitrogens with two attached hydrogens (primary N) is 1. The monoisotopic (exact) mass is 238 g/mol.